The molecule has 186 valence electrons. The average molecular weight is 513 g/mol. The summed E-state index contributed by atoms with van der Waals surface area (Å²) in [5, 5.41) is 6.61. The van der Waals surface area contributed by atoms with Crippen LogP contribution in [0.5, 0.6) is 0 Å². The monoisotopic (exact) mass is 513 g/mol. The molecular weight excluding hydrogens is 496 g/mol. The molecule has 0 unspecified atom stereocenters. The molecule has 1 saturated heterocycles. The van der Waals surface area contributed by atoms with Crippen LogP contribution in [0.15, 0.2) is 35.6 Å². The van der Waals surface area contributed by atoms with Gasteiger partial charge in [-0.25, -0.2) is 23.5 Å². The molecule has 9 nitrogen and oxygen atoms in total. The summed E-state index contributed by atoms with van der Waals surface area (Å²) < 4.78 is 106. The van der Waals surface area contributed by atoms with E-state index in [1.54, 1.807) is 0 Å². The second-order valence-corrected chi connectivity index (χ2v) is 8.66. The molecule has 16 heteroatoms. The Balaban J connectivity index is 1.96. The van der Waals surface area contributed by atoms with Gasteiger partial charge in [0.25, 0.3) is 15.9 Å². The number of aromatic nitrogens is 2. The molecule has 3 heterocycles. The van der Waals surface area contributed by atoms with Crippen molar-refractivity contribution in [2.75, 3.05) is 29.9 Å². The third-order valence-corrected chi connectivity index (χ3v) is 5.54. The van der Waals surface area contributed by atoms with Gasteiger partial charge in [-0.2, -0.15) is 26.3 Å². The lowest BCUT2D eigenvalue weighted by Gasteiger charge is -2.24. The van der Waals surface area contributed by atoms with Crippen LogP contribution < -0.4 is 15.4 Å². The van der Waals surface area contributed by atoms with Gasteiger partial charge in [0.1, 0.15) is 5.82 Å². The lowest BCUT2D eigenvalue weighted by molar-refractivity contribution is -0.218. The van der Waals surface area contributed by atoms with Gasteiger partial charge in [0.2, 0.25) is 0 Å². The molecule has 3 N–H and O–H groups in total. The summed E-state index contributed by atoms with van der Waals surface area (Å²) in [6.07, 6.45) is -10.6. The van der Waals surface area contributed by atoms with Crippen molar-refractivity contribution in [2.24, 2.45) is 5.14 Å². The summed E-state index contributed by atoms with van der Waals surface area (Å²) in [6, 6.07) is 2.56. The minimum Gasteiger partial charge on any atom is -0.367 e. The highest BCUT2D eigenvalue weighted by molar-refractivity contribution is 7.89. The van der Waals surface area contributed by atoms with Crippen LogP contribution >= 0.6 is 0 Å². The molecule has 0 spiro atoms. The maximum atomic E-state index is 13.2. The van der Waals surface area contributed by atoms with Crippen LogP contribution in [0.2, 0.25) is 0 Å². The summed E-state index contributed by atoms with van der Waals surface area (Å²) in [5.74, 6) is -1.41. The Bertz CT molecular complexity index is 1170. The third kappa shape index (κ3) is 6.12. The molecule has 0 radical (unpaired) electrons. The first-order valence-electron chi connectivity index (χ1n) is 9.47. The van der Waals surface area contributed by atoms with E-state index >= 15 is 0 Å². The molecule has 3 rings (SSSR count). The van der Waals surface area contributed by atoms with E-state index in [0.29, 0.717) is 12.3 Å². The van der Waals surface area contributed by atoms with Crippen molar-refractivity contribution in [1.29, 1.82) is 0 Å². The Labute approximate surface area is 189 Å². The van der Waals surface area contributed by atoms with Gasteiger partial charge in [-0.3, -0.25) is 4.79 Å². The Hall–Kier alpha value is -2.98. The van der Waals surface area contributed by atoms with Crippen molar-refractivity contribution in [1.82, 2.24) is 9.97 Å². The number of amides is 1. The van der Waals surface area contributed by atoms with E-state index in [4.69, 9.17) is 9.88 Å². The fourth-order valence-electron chi connectivity index (χ4n) is 3.12. The SMILES string of the molecule is NS(=O)(=O)c1cc(NC(=O)c2cc(C(F)(F)F)cnc2N2CCO[C@@H](C(F)(F)F)CC2)ccn1. The summed E-state index contributed by atoms with van der Waals surface area (Å²) in [7, 11) is -4.24. The predicted octanol–water partition coefficient (Wildman–Crippen LogP) is 2.55. The molecule has 0 aliphatic carbocycles. The summed E-state index contributed by atoms with van der Waals surface area (Å²) in [4.78, 5) is 21.3. The van der Waals surface area contributed by atoms with Crippen molar-refractivity contribution in [3.63, 3.8) is 0 Å². The highest BCUT2D eigenvalue weighted by Crippen LogP contribution is 2.33. The number of hydrogen-bond donors (Lipinski definition) is 2. The number of anilines is 2. The molecule has 34 heavy (non-hydrogen) atoms. The minimum absolute atomic E-state index is 0.149. The number of nitrogens with one attached hydrogen (secondary N) is 1. The molecule has 1 amide bonds. The van der Waals surface area contributed by atoms with Gasteiger partial charge in [0.15, 0.2) is 11.1 Å². The number of pyridine rings is 2. The second-order valence-electron chi connectivity index (χ2n) is 7.15. The quantitative estimate of drug-likeness (QED) is 0.602. The van der Waals surface area contributed by atoms with Crippen molar-refractivity contribution in [2.45, 2.75) is 29.9 Å². The van der Waals surface area contributed by atoms with E-state index in [2.05, 4.69) is 15.3 Å². The van der Waals surface area contributed by atoms with E-state index < -0.39 is 63.6 Å². The topological polar surface area (TPSA) is 128 Å². The van der Waals surface area contributed by atoms with Crippen LogP contribution in [-0.4, -0.2) is 56.3 Å². The van der Waals surface area contributed by atoms with Gasteiger partial charge < -0.3 is 15.0 Å². The Morgan fingerprint density at radius 1 is 1.15 bits per heavy atom. The molecule has 2 aromatic rings. The molecule has 1 atom stereocenters. The number of alkyl halides is 6. The maximum Gasteiger partial charge on any atom is 0.417 e. The fourth-order valence-corrected chi connectivity index (χ4v) is 3.62. The first-order chi connectivity index (χ1) is 15.7. The van der Waals surface area contributed by atoms with E-state index in [9.17, 15) is 39.6 Å². The first kappa shape index (κ1) is 25.6. The van der Waals surface area contributed by atoms with Gasteiger partial charge >= 0.3 is 12.4 Å². The molecule has 2 aromatic heterocycles. The number of rotatable bonds is 4. The molecular formula is C18H17F6N5O4S. The van der Waals surface area contributed by atoms with Crippen LogP contribution in [0.25, 0.3) is 0 Å². The van der Waals surface area contributed by atoms with Crippen molar-refractivity contribution < 1.29 is 44.3 Å². The van der Waals surface area contributed by atoms with Crippen LogP contribution in [0.3, 0.4) is 0 Å². The zero-order valence-corrected chi connectivity index (χ0v) is 17.8. The maximum absolute atomic E-state index is 13.2. The normalized spacial score (nSPS) is 17.9. The van der Waals surface area contributed by atoms with E-state index in [0.717, 1.165) is 12.3 Å². The lowest BCUT2D eigenvalue weighted by Crippen LogP contribution is -2.33. The summed E-state index contributed by atoms with van der Waals surface area (Å²) in [6.45, 7) is -0.875. The average Bonchev–Trinajstić information content (AvgIpc) is 2.98. The second kappa shape index (κ2) is 9.34. The molecule has 0 aromatic carbocycles. The van der Waals surface area contributed by atoms with Gasteiger partial charge in [-0.05, 0) is 12.1 Å². The number of ether oxygens (including phenoxy) is 1. The fraction of sp³-hybridized carbons (Fsp3) is 0.389. The zero-order valence-electron chi connectivity index (χ0n) is 17.0. The zero-order chi connectivity index (χ0) is 25.3. The molecule has 1 aliphatic rings. The minimum atomic E-state index is -4.86. The van der Waals surface area contributed by atoms with Gasteiger partial charge in [0.05, 0.1) is 17.7 Å². The smallest absolute Gasteiger partial charge is 0.367 e. The summed E-state index contributed by atoms with van der Waals surface area (Å²) >= 11 is 0. The number of primary sulfonamides is 1. The van der Waals surface area contributed by atoms with Gasteiger partial charge in [0, 0.05) is 43.7 Å². The largest absolute Gasteiger partial charge is 0.417 e. The lowest BCUT2D eigenvalue weighted by atomic mass is 10.1. The van der Waals surface area contributed by atoms with Crippen LogP contribution in [0, 0.1) is 0 Å². The van der Waals surface area contributed by atoms with Gasteiger partial charge in [-0.1, -0.05) is 0 Å². The number of nitrogens with zero attached hydrogens (tertiary/aromatic N) is 3. The highest BCUT2D eigenvalue weighted by Gasteiger charge is 2.42. The van der Waals surface area contributed by atoms with E-state index in [1.807, 2.05) is 0 Å². The standard InChI is InChI=1S/C18H17F6N5O4S/c19-17(20,21)10-7-12(16(30)28-11-1-3-26-14(8-11)34(25,31)32)15(27-9-10)29-4-2-13(18(22,23)24)33-6-5-29/h1,3,7-9,13H,2,4-6H2,(H2,25,31,32)(H,26,28,30)/t13-/m1/s1. The number of carbonyl (C=O) groups is 1. The summed E-state index contributed by atoms with van der Waals surface area (Å²) in [5.41, 5.74) is -2.00. The van der Waals surface area contributed by atoms with Crippen LogP contribution in [0.1, 0.15) is 22.3 Å². The van der Waals surface area contributed by atoms with Gasteiger partial charge in [-0.15, -0.1) is 0 Å². The number of halogens is 6. The molecule has 0 bridgehead atoms. The number of carbonyl (C=O) groups excluding carboxylic acids is 1. The molecule has 1 aliphatic heterocycles. The number of sulfonamides is 1. The van der Waals surface area contributed by atoms with Crippen molar-refractivity contribution in [3.05, 3.63) is 41.7 Å². The van der Waals surface area contributed by atoms with E-state index in [1.165, 1.54) is 11.0 Å². The Kier molecular flexibility index (Phi) is 7.05. The van der Waals surface area contributed by atoms with Crippen LogP contribution in [-0.2, 0) is 20.9 Å². The van der Waals surface area contributed by atoms with Crippen molar-refractivity contribution >= 4 is 27.4 Å². The number of hydrogen-bond acceptors (Lipinski definition) is 7. The van der Waals surface area contributed by atoms with Crippen molar-refractivity contribution in [3.8, 4) is 0 Å². The predicted molar refractivity (Wildman–Crippen MR) is 105 cm³/mol. The first-order valence-corrected chi connectivity index (χ1v) is 11.0. The third-order valence-electron chi connectivity index (χ3n) is 4.73. The Morgan fingerprint density at radius 2 is 1.85 bits per heavy atom. The molecule has 0 saturated carbocycles. The van der Waals surface area contributed by atoms with Crippen LogP contribution in [0.4, 0.5) is 37.8 Å². The Morgan fingerprint density at radius 3 is 2.47 bits per heavy atom. The number of nitrogens with two attached hydrogens (primary N) is 1. The highest BCUT2D eigenvalue weighted by atomic mass is 32.2. The molecule has 1 fully saturated rings. The van der Waals surface area contributed by atoms with E-state index in [-0.39, 0.29) is 24.6 Å².